The molecule has 4 aromatic rings. The van der Waals surface area contributed by atoms with Crippen LogP contribution in [0, 0.1) is 0 Å². The molecule has 2 N–H and O–H groups in total. The molecule has 0 saturated carbocycles. The summed E-state index contributed by atoms with van der Waals surface area (Å²) in [5.74, 6) is -1.74. The van der Waals surface area contributed by atoms with Gasteiger partial charge in [-0.05, 0) is 29.1 Å². The van der Waals surface area contributed by atoms with Gasteiger partial charge in [-0.3, -0.25) is 9.59 Å². The van der Waals surface area contributed by atoms with E-state index in [0.717, 1.165) is 10.4 Å². The zero-order chi connectivity index (χ0) is 23.4. The van der Waals surface area contributed by atoms with Crippen LogP contribution in [0.15, 0.2) is 70.8 Å². The van der Waals surface area contributed by atoms with Gasteiger partial charge < -0.3 is 20.0 Å². The van der Waals surface area contributed by atoms with Crippen molar-refractivity contribution in [2.75, 3.05) is 12.4 Å². The number of hydrogen-bond acceptors (Lipinski definition) is 7. The minimum Gasteiger partial charge on any atom is -0.492 e. The lowest BCUT2D eigenvalue weighted by Gasteiger charge is -2.15. The maximum absolute atomic E-state index is 13.1. The molecule has 9 heteroatoms. The second-order valence-corrected chi connectivity index (χ2v) is 8.15. The molecule has 0 saturated heterocycles. The zero-order valence-corrected chi connectivity index (χ0v) is 18.4. The monoisotopic (exact) mass is 464 g/mol. The number of nitrogens with zero attached hydrogens (tertiary/aromatic N) is 1. The largest absolute Gasteiger partial charge is 0.492 e. The molecule has 2 heterocycles. The summed E-state index contributed by atoms with van der Waals surface area (Å²) in [5.41, 5.74) is 0.243. The van der Waals surface area contributed by atoms with Crippen LogP contribution in [0.4, 0.5) is 5.69 Å². The lowest BCUT2D eigenvalue weighted by Crippen LogP contribution is -2.29. The summed E-state index contributed by atoms with van der Waals surface area (Å²) in [7, 11) is 1.17. The van der Waals surface area contributed by atoms with Crippen molar-refractivity contribution >= 4 is 39.7 Å². The van der Waals surface area contributed by atoms with Gasteiger partial charge in [0.05, 0.1) is 18.9 Å². The Morgan fingerprint density at radius 3 is 2.55 bits per heavy atom. The van der Waals surface area contributed by atoms with Crippen LogP contribution in [-0.2, 0) is 22.6 Å². The normalized spacial score (nSPS) is 10.7. The summed E-state index contributed by atoms with van der Waals surface area (Å²) in [6.07, 6.45) is 0.198. The van der Waals surface area contributed by atoms with Crippen molar-refractivity contribution in [3.8, 4) is 5.88 Å². The summed E-state index contributed by atoms with van der Waals surface area (Å²) < 4.78 is 5.46. The van der Waals surface area contributed by atoms with Crippen LogP contribution in [0.25, 0.3) is 10.8 Å². The van der Waals surface area contributed by atoms with Gasteiger partial charge in [-0.2, -0.15) is 0 Å². The number of amides is 1. The van der Waals surface area contributed by atoms with Crippen molar-refractivity contribution in [1.82, 2.24) is 4.73 Å². The number of benzene rings is 2. The molecule has 0 radical (unpaired) electrons. The number of rotatable bonds is 7. The topological polar surface area (TPSA) is 107 Å². The summed E-state index contributed by atoms with van der Waals surface area (Å²) in [6.45, 7) is -0.0162. The Morgan fingerprint density at radius 1 is 1.06 bits per heavy atom. The fraction of sp³-hybridized carbons (Fsp3) is 0.125. The zero-order valence-electron chi connectivity index (χ0n) is 17.6. The molecule has 0 spiro atoms. The van der Waals surface area contributed by atoms with E-state index < -0.39 is 17.4 Å². The Balaban J connectivity index is 1.73. The van der Waals surface area contributed by atoms with Gasteiger partial charge in [-0.15, -0.1) is 16.1 Å². The first-order valence-electron chi connectivity index (χ1n) is 9.97. The fourth-order valence-corrected chi connectivity index (χ4v) is 4.06. The number of pyridine rings is 1. The Bertz CT molecular complexity index is 1360. The first-order valence-corrected chi connectivity index (χ1v) is 10.9. The maximum Gasteiger partial charge on any atom is 0.344 e. The first kappa shape index (κ1) is 22.1. The van der Waals surface area contributed by atoms with E-state index in [-0.39, 0.29) is 35.3 Å². The van der Waals surface area contributed by atoms with Crippen LogP contribution in [0.1, 0.15) is 20.8 Å². The summed E-state index contributed by atoms with van der Waals surface area (Å²) in [4.78, 5) is 44.4. The number of aromatic nitrogens is 1. The van der Waals surface area contributed by atoms with Gasteiger partial charge in [0.2, 0.25) is 11.8 Å². The van der Waals surface area contributed by atoms with E-state index in [9.17, 15) is 19.5 Å². The number of hydrogen-bond donors (Lipinski definition) is 2. The SMILES string of the molecule is COC(=O)c1c(O)n(OCc2ccccc2)c(=O)c2cc(NC(=O)Cc3cccs3)ccc12. The number of carbonyl (C=O) groups excluding carboxylic acids is 2. The predicted octanol–water partition coefficient (Wildman–Crippen LogP) is 3.37. The van der Waals surface area contributed by atoms with E-state index in [4.69, 9.17) is 9.57 Å². The number of carbonyl (C=O) groups is 2. The fourth-order valence-electron chi connectivity index (χ4n) is 3.36. The highest BCUT2D eigenvalue weighted by Gasteiger charge is 2.24. The summed E-state index contributed by atoms with van der Waals surface area (Å²) >= 11 is 1.47. The molecule has 0 unspecified atom stereocenters. The van der Waals surface area contributed by atoms with Gasteiger partial charge in [0.1, 0.15) is 12.2 Å². The van der Waals surface area contributed by atoms with Gasteiger partial charge in [-0.25, -0.2) is 4.79 Å². The molecule has 0 bridgehead atoms. The average molecular weight is 464 g/mol. The molecule has 2 aromatic carbocycles. The van der Waals surface area contributed by atoms with Gasteiger partial charge in [0, 0.05) is 16.0 Å². The van der Waals surface area contributed by atoms with E-state index >= 15 is 0 Å². The Kier molecular flexibility index (Phi) is 6.41. The standard InChI is InChI=1S/C24H20N2O6S/c1-31-24(30)21-18-10-9-16(25-20(27)13-17-8-5-11-33-17)12-19(18)22(28)26(23(21)29)32-14-15-6-3-2-4-7-15/h2-12,29H,13-14H2,1H3,(H,25,27). The molecule has 1 amide bonds. The van der Waals surface area contributed by atoms with E-state index in [1.807, 2.05) is 35.7 Å². The molecule has 33 heavy (non-hydrogen) atoms. The van der Waals surface area contributed by atoms with Gasteiger partial charge in [0.25, 0.3) is 5.56 Å². The number of thiophene rings is 1. The molecule has 0 aliphatic rings. The number of fused-ring (bicyclic) bond motifs is 1. The molecule has 0 aliphatic heterocycles. The van der Waals surface area contributed by atoms with Crippen molar-refractivity contribution in [1.29, 1.82) is 0 Å². The first-order chi connectivity index (χ1) is 16.0. The van der Waals surface area contributed by atoms with Gasteiger partial charge in [0.15, 0.2) is 0 Å². The minimum absolute atomic E-state index is 0.0162. The van der Waals surface area contributed by atoms with E-state index in [1.54, 1.807) is 18.2 Å². The number of aromatic hydroxyl groups is 1. The minimum atomic E-state index is -0.830. The smallest absolute Gasteiger partial charge is 0.344 e. The van der Waals surface area contributed by atoms with Gasteiger partial charge in [-0.1, -0.05) is 42.5 Å². The van der Waals surface area contributed by atoms with Crippen molar-refractivity contribution < 1.29 is 24.3 Å². The Labute approximate surface area is 192 Å². The molecule has 2 aromatic heterocycles. The molecule has 0 aliphatic carbocycles. The average Bonchev–Trinajstić information content (AvgIpc) is 3.32. The summed E-state index contributed by atoms with van der Waals surface area (Å²) in [5, 5.41) is 15.6. The van der Waals surface area contributed by atoms with Crippen molar-refractivity contribution in [2.45, 2.75) is 13.0 Å². The second-order valence-electron chi connectivity index (χ2n) is 7.11. The van der Waals surface area contributed by atoms with Crippen LogP contribution in [0.5, 0.6) is 5.88 Å². The number of esters is 1. The lowest BCUT2D eigenvalue weighted by atomic mass is 10.1. The van der Waals surface area contributed by atoms with E-state index in [0.29, 0.717) is 10.4 Å². The molecule has 168 valence electrons. The van der Waals surface area contributed by atoms with Crippen molar-refractivity contribution in [3.63, 3.8) is 0 Å². The van der Waals surface area contributed by atoms with E-state index in [2.05, 4.69) is 5.32 Å². The molecule has 0 fully saturated rings. The number of ether oxygens (including phenoxy) is 1. The van der Waals surface area contributed by atoms with E-state index in [1.165, 1.54) is 30.6 Å². The van der Waals surface area contributed by atoms with Crippen LogP contribution < -0.4 is 15.7 Å². The van der Waals surface area contributed by atoms with Crippen LogP contribution in [0.3, 0.4) is 0 Å². The number of methoxy groups -OCH3 is 1. The molecular formula is C24H20N2O6S. The molecule has 4 rings (SSSR count). The molecule has 0 atom stereocenters. The number of nitrogens with one attached hydrogen (secondary N) is 1. The third-order valence-corrected chi connectivity index (χ3v) is 5.79. The quantitative estimate of drug-likeness (QED) is 0.406. The third-order valence-electron chi connectivity index (χ3n) is 4.91. The number of anilines is 1. The molecular weight excluding hydrogens is 444 g/mol. The van der Waals surface area contributed by atoms with Crippen LogP contribution in [0.2, 0.25) is 0 Å². The highest BCUT2D eigenvalue weighted by atomic mass is 32.1. The van der Waals surface area contributed by atoms with Crippen molar-refractivity contribution in [2.24, 2.45) is 0 Å². The van der Waals surface area contributed by atoms with Gasteiger partial charge >= 0.3 is 5.97 Å². The maximum atomic E-state index is 13.1. The van der Waals surface area contributed by atoms with Crippen molar-refractivity contribution in [3.05, 3.63) is 92.4 Å². The lowest BCUT2D eigenvalue weighted by molar-refractivity contribution is -0.115. The van der Waals surface area contributed by atoms with Crippen LogP contribution in [-0.4, -0.2) is 28.8 Å². The predicted molar refractivity (Wildman–Crippen MR) is 125 cm³/mol. The Hall–Kier alpha value is -4.11. The van der Waals surface area contributed by atoms with Crippen LogP contribution >= 0.6 is 11.3 Å². The third kappa shape index (κ3) is 4.73. The highest BCUT2D eigenvalue weighted by Crippen LogP contribution is 2.27. The molecule has 8 nitrogen and oxygen atoms in total. The highest BCUT2D eigenvalue weighted by molar-refractivity contribution is 7.10. The Morgan fingerprint density at radius 2 is 1.85 bits per heavy atom. The summed E-state index contributed by atoms with van der Waals surface area (Å²) in [6, 6.07) is 17.3. The second kappa shape index (κ2) is 9.58.